The fourth-order valence-corrected chi connectivity index (χ4v) is 3.31. The monoisotopic (exact) mass is 436 g/mol. The Morgan fingerprint density at radius 1 is 1.12 bits per heavy atom. The molecule has 0 saturated carbocycles. The first-order valence-electron chi connectivity index (χ1n) is 7.51. The van der Waals surface area contributed by atoms with Crippen LogP contribution in [-0.2, 0) is 6.42 Å². The third-order valence-electron chi connectivity index (χ3n) is 3.71. The number of halogens is 1. The molecular formula is C18H17BrN2O4S. The van der Waals surface area contributed by atoms with Gasteiger partial charge >= 0.3 is 0 Å². The van der Waals surface area contributed by atoms with Crippen molar-refractivity contribution in [3.05, 3.63) is 68.5 Å². The second-order valence-corrected chi connectivity index (χ2v) is 6.24. The lowest BCUT2D eigenvalue weighted by Crippen LogP contribution is -1.93. The van der Waals surface area contributed by atoms with Crippen molar-refractivity contribution in [3.8, 4) is 22.8 Å². The summed E-state index contributed by atoms with van der Waals surface area (Å²) in [6.07, 6.45) is 0.653. The summed E-state index contributed by atoms with van der Waals surface area (Å²) >= 11 is 1.52. The molecule has 0 aliphatic carbocycles. The standard InChI is InChI=1S/C18H16N2O4S.BrH/c1-23-16-7-6-12(8-17(16)24-2)9-18-19-15(11-25-18)13-4-3-5-14(10-13)20(21)22;/h3-8,10-11H,9H2,1-2H3;1H. The minimum Gasteiger partial charge on any atom is -0.493 e. The first-order chi connectivity index (χ1) is 12.1. The molecule has 0 bridgehead atoms. The number of rotatable bonds is 6. The maximum absolute atomic E-state index is 10.9. The lowest BCUT2D eigenvalue weighted by atomic mass is 10.1. The lowest BCUT2D eigenvalue weighted by molar-refractivity contribution is -0.384. The van der Waals surface area contributed by atoms with Crippen LogP contribution in [0.1, 0.15) is 10.6 Å². The molecule has 0 atom stereocenters. The summed E-state index contributed by atoms with van der Waals surface area (Å²) in [5.41, 5.74) is 2.60. The van der Waals surface area contributed by atoms with E-state index in [2.05, 4.69) is 4.98 Å². The SMILES string of the molecule is Br.COc1ccc(Cc2nc(-c3cccc([N+](=O)[O-])c3)cs2)cc1OC. The lowest BCUT2D eigenvalue weighted by Gasteiger charge is -2.08. The van der Waals surface area contributed by atoms with E-state index in [-0.39, 0.29) is 22.7 Å². The van der Waals surface area contributed by atoms with Crippen LogP contribution < -0.4 is 9.47 Å². The summed E-state index contributed by atoms with van der Waals surface area (Å²) in [5, 5.41) is 13.7. The van der Waals surface area contributed by atoms with Gasteiger partial charge in [-0.3, -0.25) is 10.1 Å². The molecule has 0 amide bonds. The molecule has 26 heavy (non-hydrogen) atoms. The molecule has 3 aromatic rings. The predicted molar refractivity (Wildman–Crippen MR) is 107 cm³/mol. The summed E-state index contributed by atoms with van der Waals surface area (Å²) in [6, 6.07) is 12.3. The van der Waals surface area contributed by atoms with Gasteiger partial charge in [0, 0.05) is 29.5 Å². The van der Waals surface area contributed by atoms with Crippen LogP contribution in [0.2, 0.25) is 0 Å². The minimum absolute atomic E-state index is 0. The van der Waals surface area contributed by atoms with Crippen molar-refractivity contribution >= 4 is 34.0 Å². The van der Waals surface area contributed by atoms with E-state index in [1.54, 1.807) is 20.3 Å². The summed E-state index contributed by atoms with van der Waals surface area (Å²) < 4.78 is 10.6. The van der Waals surface area contributed by atoms with Crippen LogP contribution in [-0.4, -0.2) is 24.1 Å². The van der Waals surface area contributed by atoms with Gasteiger partial charge in [-0.15, -0.1) is 28.3 Å². The van der Waals surface area contributed by atoms with E-state index in [0.717, 1.165) is 21.8 Å². The molecular weight excluding hydrogens is 420 g/mol. The highest BCUT2D eigenvalue weighted by Gasteiger charge is 2.11. The third-order valence-corrected chi connectivity index (χ3v) is 4.56. The van der Waals surface area contributed by atoms with Crippen LogP contribution in [0.5, 0.6) is 11.5 Å². The molecule has 0 aliphatic rings. The fraction of sp³-hybridized carbons (Fsp3) is 0.167. The number of methoxy groups -OCH3 is 2. The number of thiazole rings is 1. The van der Waals surface area contributed by atoms with Gasteiger partial charge in [0.25, 0.3) is 5.69 Å². The highest BCUT2D eigenvalue weighted by molar-refractivity contribution is 8.93. The fourth-order valence-electron chi connectivity index (χ4n) is 2.47. The Hall–Kier alpha value is -2.45. The van der Waals surface area contributed by atoms with E-state index in [1.165, 1.54) is 23.5 Å². The number of ether oxygens (including phenoxy) is 2. The molecule has 3 rings (SSSR count). The van der Waals surface area contributed by atoms with Crippen molar-refractivity contribution in [3.63, 3.8) is 0 Å². The maximum Gasteiger partial charge on any atom is 0.270 e. The van der Waals surface area contributed by atoms with Gasteiger partial charge in [-0.1, -0.05) is 18.2 Å². The number of nitrogens with zero attached hydrogens (tertiary/aromatic N) is 2. The number of hydrogen-bond donors (Lipinski definition) is 0. The quantitative estimate of drug-likeness (QED) is 0.405. The molecule has 0 N–H and O–H groups in total. The van der Waals surface area contributed by atoms with E-state index in [1.807, 2.05) is 29.6 Å². The molecule has 0 spiro atoms. The first-order valence-corrected chi connectivity index (χ1v) is 8.39. The average molecular weight is 437 g/mol. The van der Waals surface area contributed by atoms with Gasteiger partial charge < -0.3 is 9.47 Å². The van der Waals surface area contributed by atoms with Crippen molar-refractivity contribution in [2.75, 3.05) is 14.2 Å². The number of benzene rings is 2. The van der Waals surface area contributed by atoms with Crippen molar-refractivity contribution in [1.82, 2.24) is 4.98 Å². The van der Waals surface area contributed by atoms with Gasteiger partial charge in [-0.05, 0) is 17.7 Å². The largest absolute Gasteiger partial charge is 0.493 e. The van der Waals surface area contributed by atoms with Crippen LogP contribution in [0.25, 0.3) is 11.3 Å². The Labute approximate surface area is 165 Å². The zero-order valence-electron chi connectivity index (χ0n) is 14.2. The summed E-state index contributed by atoms with van der Waals surface area (Å²) in [7, 11) is 3.20. The highest BCUT2D eigenvalue weighted by atomic mass is 79.9. The second-order valence-electron chi connectivity index (χ2n) is 5.30. The summed E-state index contributed by atoms with van der Waals surface area (Å²) in [6.45, 7) is 0. The third kappa shape index (κ3) is 4.39. The molecule has 0 saturated heterocycles. The minimum atomic E-state index is -0.402. The Balaban J connectivity index is 0.00000243. The normalized spacial score (nSPS) is 10.1. The second kappa shape index (κ2) is 8.77. The molecule has 1 heterocycles. The Morgan fingerprint density at radius 3 is 2.58 bits per heavy atom. The number of nitro groups is 1. The van der Waals surface area contributed by atoms with E-state index in [4.69, 9.17) is 9.47 Å². The number of aromatic nitrogens is 1. The van der Waals surface area contributed by atoms with Crippen LogP contribution in [0.4, 0.5) is 5.69 Å². The van der Waals surface area contributed by atoms with Crippen molar-refractivity contribution in [1.29, 1.82) is 0 Å². The number of hydrogen-bond acceptors (Lipinski definition) is 6. The van der Waals surface area contributed by atoms with Crippen molar-refractivity contribution in [2.24, 2.45) is 0 Å². The van der Waals surface area contributed by atoms with E-state index >= 15 is 0 Å². The van der Waals surface area contributed by atoms with Gasteiger partial charge in [0.2, 0.25) is 0 Å². The molecule has 0 aliphatic heterocycles. The van der Waals surface area contributed by atoms with Gasteiger partial charge in [0.05, 0.1) is 29.8 Å². The number of non-ortho nitro benzene ring substituents is 1. The average Bonchev–Trinajstić information content (AvgIpc) is 3.10. The highest BCUT2D eigenvalue weighted by Crippen LogP contribution is 2.30. The Bertz CT molecular complexity index is 914. The van der Waals surface area contributed by atoms with Crippen LogP contribution >= 0.6 is 28.3 Å². The van der Waals surface area contributed by atoms with Crippen molar-refractivity contribution < 1.29 is 14.4 Å². The van der Waals surface area contributed by atoms with Gasteiger partial charge in [0.1, 0.15) is 0 Å². The van der Waals surface area contributed by atoms with Gasteiger partial charge in [0.15, 0.2) is 11.5 Å². The van der Waals surface area contributed by atoms with E-state index in [9.17, 15) is 10.1 Å². The molecule has 2 aromatic carbocycles. The zero-order chi connectivity index (χ0) is 17.8. The van der Waals surface area contributed by atoms with Gasteiger partial charge in [-0.25, -0.2) is 4.98 Å². The zero-order valence-corrected chi connectivity index (χ0v) is 16.7. The maximum atomic E-state index is 10.9. The van der Waals surface area contributed by atoms with Crippen LogP contribution in [0.3, 0.4) is 0 Å². The van der Waals surface area contributed by atoms with Crippen LogP contribution in [0.15, 0.2) is 47.8 Å². The Morgan fingerprint density at radius 2 is 1.88 bits per heavy atom. The summed E-state index contributed by atoms with van der Waals surface area (Å²) in [5.74, 6) is 1.36. The predicted octanol–water partition coefficient (Wildman–Crippen LogP) is 4.90. The molecule has 8 heteroatoms. The Kier molecular flexibility index (Phi) is 6.70. The topological polar surface area (TPSA) is 74.5 Å². The first kappa shape index (κ1) is 19.9. The number of nitro benzene ring substituents is 1. The smallest absolute Gasteiger partial charge is 0.270 e. The van der Waals surface area contributed by atoms with E-state index < -0.39 is 4.92 Å². The summed E-state index contributed by atoms with van der Waals surface area (Å²) in [4.78, 5) is 15.1. The van der Waals surface area contributed by atoms with Crippen molar-refractivity contribution in [2.45, 2.75) is 6.42 Å². The molecule has 0 unspecified atom stereocenters. The van der Waals surface area contributed by atoms with Crippen LogP contribution in [0, 0.1) is 10.1 Å². The van der Waals surface area contributed by atoms with E-state index in [0.29, 0.717) is 17.9 Å². The molecule has 1 aromatic heterocycles. The molecule has 0 radical (unpaired) electrons. The molecule has 0 fully saturated rings. The van der Waals surface area contributed by atoms with Gasteiger partial charge in [-0.2, -0.15) is 0 Å². The molecule has 6 nitrogen and oxygen atoms in total. The molecule has 136 valence electrons.